The van der Waals surface area contributed by atoms with Crippen LogP contribution in [0.4, 0.5) is 16.2 Å². The van der Waals surface area contributed by atoms with Crippen molar-refractivity contribution in [2.45, 2.75) is 19.5 Å². The molecule has 0 radical (unpaired) electrons. The van der Waals surface area contributed by atoms with E-state index in [4.69, 9.17) is 5.53 Å². The first-order chi connectivity index (χ1) is 11.6. The van der Waals surface area contributed by atoms with Gasteiger partial charge in [-0.1, -0.05) is 47.6 Å². The Bertz CT molecular complexity index is 813. The molecule has 0 bridgehead atoms. The second-order valence-electron chi connectivity index (χ2n) is 5.45. The molecule has 0 aliphatic carbocycles. The minimum absolute atomic E-state index is 0.271. The third-order valence-electron chi connectivity index (χ3n) is 3.95. The monoisotopic (exact) mass is 321 g/mol. The number of benzene rings is 2. The molecule has 0 aromatic heterocycles. The van der Waals surface area contributed by atoms with E-state index in [2.05, 4.69) is 10.0 Å². The molecule has 24 heavy (non-hydrogen) atoms. The summed E-state index contributed by atoms with van der Waals surface area (Å²) in [6, 6.07) is 15.0. The van der Waals surface area contributed by atoms with Crippen molar-refractivity contribution in [3.05, 3.63) is 70.6 Å². The maximum absolute atomic E-state index is 12.7. The van der Waals surface area contributed by atoms with Crippen LogP contribution in [0.15, 0.2) is 59.7 Å². The Morgan fingerprint density at radius 3 is 2.38 bits per heavy atom. The molecule has 0 unspecified atom stereocenters. The summed E-state index contributed by atoms with van der Waals surface area (Å²) in [5.74, 6) is -0.271. The zero-order chi connectivity index (χ0) is 17.1. The molecular weight excluding hydrogens is 306 g/mol. The van der Waals surface area contributed by atoms with Gasteiger partial charge < -0.3 is 4.90 Å². The molecule has 0 saturated carbocycles. The fraction of sp³-hybridized carbons (Fsp3) is 0.176. The van der Waals surface area contributed by atoms with Crippen LogP contribution in [-0.4, -0.2) is 22.9 Å². The van der Waals surface area contributed by atoms with Gasteiger partial charge in [-0.25, -0.2) is 9.69 Å². The number of anilines is 1. The van der Waals surface area contributed by atoms with E-state index in [-0.39, 0.29) is 11.9 Å². The largest absolute Gasteiger partial charge is 0.332 e. The van der Waals surface area contributed by atoms with Crippen LogP contribution < -0.4 is 4.90 Å². The molecule has 7 nitrogen and oxygen atoms in total. The minimum Gasteiger partial charge on any atom is -0.308 e. The predicted octanol–water partition coefficient (Wildman–Crippen LogP) is 3.99. The number of imide groups is 1. The Morgan fingerprint density at radius 2 is 1.75 bits per heavy atom. The summed E-state index contributed by atoms with van der Waals surface area (Å²) in [5, 5.41) is 3.48. The van der Waals surface area contributed by atoms with Crippen LogP contribution in [0, 0.1) is 0 Å². The lowest BCUT2D eigenvalue weighted by molar-refractivity contribution is -0.119. The first-order valence-electron chi connectivity index (χ1n) is 7.45. The highest BCUT2D eigenvalue weighted by atomic mass is 16.2. The summed E-state index contributed by atoms with van der Waals surface area (Å²) < 4.78 is 0. The van der Waals surface area contributed by atoms with Crippen molar-refractivity contribution >= 4 is 23.3 Å². The molecular formula is C17H15N5O2. The van der Waals surface area contributed by atoms with Gasteiger partial charge in [0.15, 0.2) is 0 Å². The lowest BCUT2D eigenvalue weighted by Crippen LogP contribution is -2.33. The molecule has 1 aliphatic rings. The van der Waals surface area contributed by atoms with Gasteiger partial charge in [-0.2, -0.15) is 0 Å². The molecule has 120 valence electrons. The maximum atomic E-state index is 12.7. The molecule has 1 atom stereocenters. The maximum Gasteiger partial charge on any atom is 0.332 e. The zero-order valence-electron chi connectivity index (χ0n) is 13.0. The summed E-state index contributed by atoms with van der Waals surface area (Å²) in [5.41, 5.74) is 10.3. The summed E-state index contributed by atoms with van der Waals surface area (Å²) in [4.78, 5) is 30.6. The normalized spacial score (nSPS) is 17.1. The molecule has 0 N–H and O–H groups in total. The highest BCUT2D eigenvalue weighted by molar-refractivity contribution is 6.21. The van der Waals surface area contributed by atoms with Gasteiger partial charge in [0.1, 0.15) is 6.04 Å². The number of rotatable bonds is 4. The van der Waals surface area contributed by atoms with Crippen molar-refractivity contribution < 1.29 is 9.59 Å². The van der Waals surface area contributed by atoms with Crippen molar-refractivity contribution in [1.82, 2.24) is 4.90 Å². The molecule has 1 aliphatic heterocycles. The number of amides is 3. The van der Waals surface area contributed by atoms with E-state index in [0.717, 1.165) is 10.5 Å². The van der Waals surface area contributed by atoms with Crippen molar-refractivity contribution in [3.8, 4) is 0 Å². The average Bonchev–Trinajstić information content (AvgIpc) is 2.81. The Kier molecular flexibility index (Phi) is 4.18. The third-order valence-corrected chi connectivity index (χ3v) is 3.95. The minimum atomic E-state index is -0.533. The van der Waals surface area contributed by atoms with Gasteiger partial charge in [0.05, 0.1) is 5.69 Å². The number of azide groups is 1. The van der Waals surface area contributed by atoms with Crippen molar-refractivity contribution in [1.29, 1.82) is 0 Å². The summed E-state index contributed by atoms with van der Waals surface area (Å²) in [6.07, 6.45) is 0. The van der Waals surface area contributed by atoms with E-state index in [1.54, 1.807) is 36.1 Å². The van der Waals surface area contributed by atoms with E-state index < -0.39 is 6.04 Å². The van der Waals surface area contributed by atoms with E-state index in [9.17, 15) is 9.59 Å². The molecule has 1 saturated heterocycles. The van der Waals surface area contributed by atoms with Gasteiger partial charge in [0.2, 0.25) is 0 Å². The molecule has 7 heteroatoms. The van der Waals surface area contributed by atoms with Crippen LogP contribution in [0.3, 0.4) is 0 Å². The Balaban J connectivity index is 1.86. The molecule has 1 fully saturated rings. The van der Waals surface area contributed by atoms with Crippen molar-refractivity contribution in [2.24, 2.45) is 5.11 Å². The van der Waals surface area contributed by atoms with Gasteiger partial charge in [-0.05, 0) is 30.2 Å². The molecule has 3 rings (SSSR count). The van der Waals surface area contributed by atoms with E-state index >= 15 is 0 Å². The molecule has 2 aromatic carbocycles. The molecule has 1 heterocycles. The SMILES string of the molecule is C[C@H]1C(=O)N(c2ccc(N=[N+]=[N-])cc2)C(=O)N1Cc1ccccc1. The summed E-state index contributed by atoms with van der Waals surface area (Å²) in [7, 11) is 0. The number of urea groups is 1. The highest BCUT2D eigenvalue weighted by Crippen LogP contribution is 2.28. The summed E-state index contributed by atoms with van der Waals surface area (Å²) in [6.45, 7) is 2.09. The third kappa shape index (κ3) is 2.80. The number of nitrogens with zero attached hydrogens (tertiary/aromatic N) is 5. The smallest absolute Gasteiger partial charge is 0.308 e. The van der Waals surface area contributed by atoms with Crippen LogP contribution >= 0.6 is 0 Å². The van der Waals surface area contributed by atoms with Gasteiger partial charge in [-0.15, -0.1) is 0 Å². The lowest BCUT2D eigenvalue weighted by Gasteiger charge is -2.19. The Labute approximate surface area is 138 Å². The molecule has 3 amide bonds. The van der Waals surface area contributed by atoms with Crippen LogP contribution in [0.1, 0.15) is 12.5 Å². The highest BCUT2D eigenvalue weighted by Gasteiger charge is 2.43. The van der Waals surface area contributed by atoms with Crippen molar-refractivity contribution in [2.75, 3.05) is 4.90 Å². The first-order valence-corrected chi connectivity index (χ1v) is 7.45. The van der Waals surface area contributed by atoms with Gasteiger partial charge in [-0.3, -0.25) is 4.79 Å². The predicted molar refractivity (Wildman–Crippen MR) is 89.6 cm³/mol. The molecule has 0 spiro atoms. The first kappa shape index (κ1) is 15.6. The number of hydrogen-bond donors (Lipinski definition) is 0. The fourth-order valence-corrected chi connectivity index (χ4v) is 2.65. The van der Waals surface area contributed by atoms with Crippen LogP contribution in [0.5, 0.6) is 0 Å². The average molecular weight is 321 g/mol. The van der Waals surface area contributed by atoms with E-state index in [1.807, 2.05) is 30.3 Å². The van der Waals surface area contributed by atoms with Gasteiger partial charge >= 0.3 is 6.03 Å². The number of carbonyl (C=O) groups is 2. The van der Waals surface area contributed by atoms with E-state index in [0.29, 0.717) is 17.9 Å². The van der Waals surface area contributed by atoms with Gasteiger partial charge in [0, 0.05) is 17.1 Å². The Hall–Kier alpha value is -3.31. The van der Waals surface area contributed by atoms with Gasteiger partial charge in [0.25, 0.3) is 5.91 Å². The summed E-state index contributed by atoms with van der Waals surface area (Å²) >= 11 is 0. The van der Waals surface area contributed by atoms with Crippen molar-refractivity contribution in [3.63, 3.8) is 0 Å². The van der Waals surface area contributed by atoms with Crippen LogP contribution in [0.2, 0.25) is 0 Å². The second-order valence-corrected chi connectivity index (χ2v) is 5.45. The zero-order valence-corrected chi connectivity index (χ0v) is 13.0. The fourth-order valence-electron chi connectivity index (χ4n) is 2.65. The number of hydrogen-bond acceptors (Lipinski definition) is 3. The Morgan fingerprint density at radius 1 is 1.08 bits per heavy atom. The van der Waals surface area contributed by atoms with E-state index in [1.165, 1.54) is 0 Å². The van der Waals surface area contributed by atoms with Crippen LogP contribution in [0.25, 0.3) is 10.4 Å². The van der Waals surface area contributed by atoms with Crippen LogP contribution in [-0.2, 0) is 11.3 Å². The second kappa shape index (κ2) is 6.44. The molecule has 2 aromatic rings. The lowest BCUT2D eigenvalue weighted by atomic mass is 10.2. The quantitative estimate of drug-likeness (QED) is 0.369. The topological polar surface area (TPSA) is 89.4 Å². The standard InChI is InChI=1S/C17H15N5O2/c1-12-16(23)22(15-9-7-14(8-10-15)19-20-18)17(24)21(12)11-13-5-3-2-4-6-13/h2-10,12H,11H2,1H3/t12-/m0/s1. The number of carbonyl (C=O) groups excluding carboxylic acids is 2.